The second kappa shape index (κ2) is 12.1. The first-order valence-electron chi connectivity index (χ1n) is 7.86. The molecule has 13 heteroatoms. The molecule has 0 aromatic carbocycles. The predicted octanol–water partition coefficient (Wildman–Crippen LogP) is -3.34. The van der Waals surface area contributed by atoms with Gasteiger partial charge in [-0.3, -0.25) is 24.0 Å². The van der Waals surface area contributed by atoms with Crippen LogP contribution in [-0.4, -0.2) is 81.5 Å². The summed E-state index contributed by atoms with van der Waals surface area (Å²) in [5.74, 6) is -5.21. The molecule has 0 saturated heterocycles. The minimum atomic E-state index is -1.51. The molecule has 0 saturated carbocycles. The van der Waals surface area contributed by atoms with E-state index in [1.165, 1.54) is 6.92 Å². The number of amides is 3. The molecule has 0 aliphatic carbocycles. The largest absolute Gasteiger partial charge is 0.481 e. The lowest BCUT2D eigenvalue weighted by Crippen LogP contribution is -2.58. The molecule has 0 rings (SSSR count). The lowest BCUT2D eigenvalue weighted by atomic mass is 10.1. The van der Waals surface area contributed by atoms with Gasteiger partial charge in [-0.1, -0.05) is 0 Å². The van der Waals surface area contributed by atoms with E-state index in [1.54, 1.807) is 0 Å². The molecule has 27 heavy (non-hydrogen) atoms. The molecule has 0 radical (unpaired) electrons. The average molecular weight is 408 g/mol. The molecule has 3 amide bonds. The van der Waals surface area contributed by atoms with Crippen molar-refractivity contribution < 1.29 is 39.3 Å². The Kier molecular flexibility index (Phi) is 11.0. The first kappa shape index (κ1) is 24.6. The number of carboxylic acid groups (broad SMARTS) is 2. The molecule has 0 heterocycles. The van der Waals surface area contributed by atoms with Crippen LogP contribution in [0.5, 0.6) is 0 Å². The standard InChI is InChI=1S/C14H24N4O8S/c1-6(19)11(14(26)16-4-10(22)23)18-13(25)8(2-3-9(20)21)17-12(24)7(15)5-27/h6-8,11,19,27H,2-5,15H2,1H3,(H,16,26)(H,17,24)(H,18,25)(H,20,21)(H,22,23). The van der Waals surface area contributed by atoms with Crippen molar-refractivity contribution in [2.45, 2.75) is 44.0 Å². The van der Waals surface area contributed by atoms with E-state index in [2.05, 4.69) is 23.3 Å². The fourth-order valence-corrected chi connectivity index (χ4v) is 2.00. The van der Waals surface area contributed by atoms with Crippen molar-refractivity contribution in [1.29, 1.82) is 0 Å². The summed E-state index contributed by atoms with van der Waals surface area (Å²) in [4.78, 5) is 57.4. The highest BCUT2D eigenvalue weighted by Crippen LogP contribution is 2.02. The zero-order chi connectivity index (χ0) is 21.1. The van der Waals surface area contributed by atoms with Crippen molar-refractivity contribution in [2.75, 3.05) is 12.3 Å². The van der Waals surface area contributed by atoms with Crippen molar-refractivity contribution in [2.24, 2.45) is 5.73 Å². The molecular weight excluding hydrogens is 384 g/mol. The topological polar surface area (TPSA) is 208 Å². The number of nitrogens with one attached hydrogen (secondary N) is 3. The second-order valence-electron chi connectivity index (χ2n) is 5.62. The number of aliphatic hydroxyl groups excluding tert-OH is 1. The van der Waals surface area contributed by atoms with Gasteiger partial charge in [0.05, 0.1) is 12.1 Å². The number of thiol groups is 1. The number of aliphatic carboxylic acids is 2. The van der Waals surface area contributed by atoms with Gasteiger partial charge >= 0.3 is 11.9 Å². The van der Waals surface area contributed by atoms with E-state index in [0.29, 0.717) is 0 Å². The molecule has 0 aliphatic rings. The normalized spacial score (nSPS) is 15.0. The van der Waals surface area contributed by atoms with Crippen molar-refractivity contribution in [3.05, 3.63) is 0 Å². The Morgan fingerprint density at radius 2 is 1.59 bits per heavy atom. The highest BCUT2D eigenvalue weighted by molar-refractivity contribution is 7.80. The number of hydrogen-bond acceptors (Lipinski definition) is 8. The molecule has 154 valence electrons. The molecule has 4 unspecified atom stereocenters. The molecular formula is C14H24N4O8S. The van der Waals surface area contributed by atoms with Crippen molar-refractivity contribution in [1.82, 2.24) is 16.0 Å². The number of carbonyl (C=O) groups is 5. The molecule has 8 N–H and O–H groups in total. The van der Waals surface area contributed by atoms with Crippen LogP contribution in [0.4, 0.5) is 0 Å². The number of nitrogens with two attached hydrogens (primary N) is 1. The number of aliphatic hydroxyl groups is 1. The summed E-state index contributed by atoms with van der Waals surface area (Å²) in [6.07, 6.45) is -2.15. The number of rotatable bonds is 12. The van der Waals surface area contributed by atoms with Gasteiger partial charge in [-0.25, -0.2) is 0 Å². The summed E-state index contributed by atoms with van der Waals surface area (Å²) in [6, 6.07) is -3.90. The van der Waals surface area contributed by atoms with E-state index in [4.69, 9.17) is 15.9 Å². The first-order chi connectivity index (χ1) is 12.5. The fraction of sp³-hybridized carbons (Fsp3) is 0.643. The fourth-order valence-electron chi connectivity index (χ4n) is 1.83. The van der Waals surface area contributed by atoms with Gasteiger partial charge in [-0.05, 0) is 13.3 Å². The third-order valence-corrected chi connectivity index (χ3v) is 3.68. The van der Waals surface area contributed by atoms with Gasteiger partial charge in [0, 0.05) is 12.2 Å². The van der Waals surface area contributed by atoms with Crippen LogP contribution in [0.15, 0.2) is 0 Å². The summed E-state index contributed by atoms with van der Waals surface area (Å²) in [5, 5.41) is 33.4. The lowest BCUT2D eigenvalue weighted by molar-refractivity contribution is -0.139. The highest BCUT2D eigenvalue weighted by atomic mass is 32.1. The van der Waals surface area contributed by atoms with Crippen LogP contribution in [0.1, 0.15) is 19.8 Å². The van der Waals surface area contributed by atoms with Crippen LogP contribution < -0.4 is 21.7 Å². The molecule has 0 aliphatic heterocycles. The van der Waals surface area contributed by atoms with Crippen molar-refractivity contribution in [3.63, 3.8) is 0 Å². The zero-order valence-corrected chi connectivity index (χ0v) is 15.4. The van der Waals surface area contributed by atoms with Gasteiger partial charge in [-0.2, -0.15) is 12.6 Å². The molecule has 0 fully saturated rings. The highest BCUT2D eigenvalue weighted by Gasteiger charge is 2.30. The Labute approximate surface area is 160 Å². The first-order valence-corrected chi connectivity index (χ1v) is 8.49. The summed E-state index contributed by atoms with van der Waals surface area (Å²) in [7, 11) is 0. The minimum Gasteiger partial charge on any atom is -0.481 e. The summed E-state index contributed by atoms with van der Waals surface area (Å²) in [5.41, 5.74) is 5.49. The van der Waals surface area contributed by atoms with Gasteiger partial charge < -0.3 is 37.0 Å². The van der Waals surface area contributed by atoms with Gasteiger partial charge in [-0.15, -0.1) is 0 Å². The summed E-state index contributed by atoms with van der Waals surface area (Å²) >= 11 is 3.85. The maximum Gasteiger partial charge on any atom is 0.322 e. The van der Waals surface area contributed by atoms with Crippen LogP contribution in [0.3, 0.4) is 0 Å². The Bertz CT molecular complexity index is 571. The molecule has 0 spiro atoms. The smallest absolute Gasteiger partial charge is 0.322 e. The van der Waals surface area contributed by atoms with E-state index >= 15 is 0 Å². The number of hydrogen-bond donors (Lipinski definition) is 8. The lowest BCUT2D eigenvalue weighted by Gasteiger charge is -2.25. The van der Waals surface area contributed by atoms with E-state index in [0.717, 1.165) is 0 Å². The van der Waals surface area contributed by atoms with Crippen molar-refractivity contribution >= 4 is 42.3 Å². The molecule has 0 aromatic rings. The Hall–Kier alpha value is -2.38. The van der Waals surface area contributed by atoms with Gasteiger partial charge in [0.15, 0.2) is 0 Å². The van der Waals surface area contributed by atoms with Gasteiger partial charge in [0.25, 0.3) is 0 Å². The van der Waals surface area contributed by atoms with E-state index in [1.807, 2.05) is 5.32 Å². The Morgan fingerprint density at radius 1 is 1.00 bits per heavy atom. The van der Waals surface area contributed by atoms with Gasteiger partial charge in [0.2, 0.25) is 17.7 Å². The van der Waals surface area contributed by atoms with Crippen LogP contribution in [0.2, 0.25) is 0 Å². The second-order valence-corrected chi connectivity index (χ2v) is 5.99. The van der Waals surface area contributed by atoms with Crippen LogP contribution >= 0.6 is 12.6 Å². The monoisotopic (exact) mass is 408 g/mol. The van der Waals surface area contributed by atoms with Crippen LogP contribution in [0.25, 0.3) is 0 Å². The van der Waals surface area contributed by atoms with Gasteiger partial charge in [0.1, 0.15) is 18.6 Å². The quantitative estimate of drug-likeness (QED) is 0.152. The molecule has 0 bridgehead atoms. The maximum absolute atomic E-state index is 12.4. The average Bonchev–Trinajstić information content (AvgIpc) is 2.59. The maximum atomic E-state index is 12.4. The Balaban J connectivity index is 5.18. The minimum absolute atomic E-state index is 0.0208. The van der Waals surface area contributed by atoms with Crippen LogP contribution in [-0.2, 0) is 24.0 Å². The number of carbonyl (C=O) groups excluding carboxylic acids is 3. The summed E-state index contributed by atoms with van der Waals surface area (Å²) in [6.45, 7) is 0.459. The number of carboxylic acids is 2. The molecule has 0 aromatic heterocycles. The Morgan fingerprint density at radius 3 is 2.04 bits per heavy atom. The van der Waals surface area contributed by atoms with Crippen LogP contribution in [0, 0.1) is 0 Å². The van der Waals surface area contributed by atoms with E-state index in [9.17, 15) is 29.1 Å². The van der Waals surface area contributed by atoms with E-state index < -0.39 is 66.9 Å². The van der Waals surface area contributed by atoms with E-state index in [-0.39, 0.29) is 12.2 Å². The molecule has 12 nitrogen and oxygen atoms in total. The van der Waals surface area contributed by atoms with Crippen molar-refractivity contribution in [3.8, 4) is 0 Å². The third kappa shape index (κ3) is 9.77. The summed E-state index contributed by atoms with van der Waals surface area (Å²) < 4.78 is 0. The third-order valence-electron chi connectivity index (χ3n) is 3.29. The SMILES string of the molecule is CC(O)C(NC(=O)C(CCC(=O)O)NC(=O)C(N)CS)C(=O)NCC(=O)O. The molecule has 4 atom stereocenters. The zero-order valence-electron chi connectivity index (χ0n) is 14.5. The predicted molar refractivity (Wildman–Crippen MR) is 94.9 cm³/mol.